The third-order valence-corrected chi connectivity index (χ3v) is 7.13. The maximum absolute atomic E-state index is 11.7. The summed E-state index contributed by atoms with van der Waals surface area (Å²) in [4.78, 5) is 11.7. The molecular weight excluding hydrogens is 372 g/mol. The summed E-state index contributed by atoms with van der Waals surface area (Å²) in [6, 6.07) is 10.3. The highest BCUT2D eigenvalue weighted by atomic mass is 32.2. The van der Waals surface area contributed by atoms with Crippen molar-refractivity contribution in [2.75, 3.05) is 12.4 Å². The zero-order chi connectivity index (χ0) is 19.8. The Morgan fingerprint density at radius 2 is 1.93 bits per heavy atom. The molecule has 5 unspecified atom stereocenters. The highest BCUT2D eigenvalue weighted by molar-refractivity contribution is 7.99. The Hall–Kier alpha value is -1.04. The number of thioether (sulfide) groups is 1. The van der Waals surface area contributed by atoms with Crippen molar-refractivity contribution in [2.24, 2.45) is 5.92 Å². The molecule has 1 aliphatic carbocycles. The van der Waals surface area contributed by atoms with E-state index in [9.17, 15) is 4.79 Å². The number of hydrogen-bond acceptors (Lipinski definition) is 5. The predicted molar refractivity (Wildman–Crippen MR) is 113 cm³/mol. The van der Waals surface area contributed by atoms with Crippen LogP contribution in [0.2, 0.25) is 0 Å². The third-order valence-electron chi connectivity index (χ3n) is 5.60. The van der Waals surface area contributed by atoms with Gasteiger partial charge in [-0.15, -0.1) is 0 Å². The smallest absolute Gasteiger partial charge is 0.306 e. The molecule has 2 fully saturated rings. The van der Waals surface area contributed by atoms with Crippen LogP contribution < -0.4 is 0 Å². The van der Waals surface area contributed by atoms with Gasteiger partial charge in [0, 0.05) is 18.3 Å². The first-order chi connectivity index (χ1) is 13.7. The Labute approximate surface area is 173 Å². The van der Waals surface area contributed by atoms with E-state index in [-0.39, 0.29) is 24.3 Å². The summed E-state index contributed by atoms with van der Waals surface area (Å²) >= 11 is 2.00. The number of carbonyl (C=O) groups excluding carboxylic acids is 1. The van der Waals surface area contributed by atoms with Crippen LogP contribution >= 0.6 is 11.8 Å². The van der Waals surface area contributed by atoms with Crippen LogP contribution in [0.15, 0.2) is 30.3 Å². The minimum absolute atomic E-state index is 0.0409. The Kier molecular flexibility index (Phi) is 8.68. The fraction of sp³-hybridized carbons (Fsp3) is 0.696. The molecule has 1 aromatic carbocycles. The van der Waals surface area contributed by atoms with Crippen molar-refractivity contribution in [2.45, 2.75) is 82.5 Å². The monoisotopic (exact) mass is 406 g/mol. The molecule has 1 aliphatic heterocycles. The lowest BCUT2D eigenvalue weighted by atomic mass is 9.80. The van der Waals surface area contributed by atoms with E-state index in [1.54, 1.807) is 0 Å². The van der Waals surface area contributed by atoms with Crippen molar-refractivity contribution in [3.05, 3.63) is 35.9 Å². The Morgan fingerprint density at radius 1 is 1.11 bits per heavy atom. The Bertz CT molecular complexity index is 594. The molecule has 0 amide bonds. The molecule has 1 heterocycles. The van der Waals surface area contributed by atoms with Gasteiger partial charge in [-0.1, -0.05) is 44.2 Å². The molecule has 1 saturated heterocycles. The molecular formula is C23H34O4S. The number of benzene rings is 1. The normalized spacial score (nSPS) is 30.4. The van der Waals surface area contributed by atoms with Crippen molar-refractivity contribution in [3.63, 3.8) is 0 Å². The van der Waals surface area contributed by atoms with Gasteiger partial charge in [-0.3, -0.25) is 4.79 Å². The lowest BCUT2D eigenvalue weighted by molar-refractivity contribution is -0.148. The van der Waals surface area contributed by atoms with Gasteiger partial charge >= 0.3 is 5.97 Å². The van der Waals surface area contributed by atoms with Crippen LogP contribution in [0.4, 0.5) is 0 Å². The van der Waals surface area contributed by atoms with Crippen molar-refractivity contribution in [3.8, 4) is 0 Å². The summed E-state index contributed by atoms with van der Waals surface area (Å²) in [7, 11) is 0. The van der Waals surface area contributed by atoms with Gasteiger partial charge in [-0.05, 0) is 49.3 Å². The highest BCUT2D eigenvalue weighted by Gasteiger charge is 2.44. The summed E-state index contributed by atoms with van der Waals surface area (Å²) in [5.41, 5.74) is 1.18. The van der Waals surface area contributed by atoms with E-state index in [0.29, 0.717) is 24.2 Å². The number of rotatable bonds is 10. The largest absolute Gasteiger partial charge is 0.462 e. The third kappa shape index (κ3) is 5.98. The summed E-state index contributed by atoms with van der Waals surface area (Å²) in [5.74, 6) is 1.44. The first-order valence-electron chi connectivity index (χ1n) is 10.8. The summed E-state index contributed by atoms with van der Waals surface area (Å²) in [6.07, 6.45) is 5.71. The van der Waals surface area contributed by atoms with E-state index in [2.05, 4.69) is 26.0 Å². The second-order valence-corrected chi connectivity index (χ2v) is 9.23. The molecule has 5 atom stereocenters. The predicted octanol–water partition coefficient (Wildman–Crippen LogP) is 4.99. The zero-order valence-electron chi connectivity index (χ0n) is 17.2. The maximum Gasteiger partial charge on any atom is 0.306 e. The molecule has 0 N–H and O–H groups in total. The maximum atomic E-state index is 11.7. The second kappa shape index (κ2) is 11.2. The summed E-state index contributed by atoms with van der Waals surface area (Å²) in [5, 5.41) is 0.394. The topological polar surface area (TPSA) is 44.8 Å². The molecule has 28 heavy (non-hydrogen) atoms. The SMILES string of the molecule is CCCOC1C(OCc2ccccc2)CC(C2CCC(=O)O2)CC1SCCC. The van der Waals surface area contributed by atoms with E-state index >= 15 is 0 Å². The second-order valence-electron chi connectivity index (χ2n) is 7.88. The first kappa shape index (κ1) is 21.7. The van der Waals surface area contributed by atoms with Crippen LogP contribution in [0.1, 0.15) is 57.9 Å². The quantitative estimate of drug-likeness (QED) is 0.512. The van der Waals surface area contributed by atoms with E-state index in [4.69, 9.17) is 14.2 Å². The van der Waals surface area contributed by atoms with E-state index in [1.807, 2.05) is 30.0 Å². The lowest BCUT2D eigenvalue weighted by Gasteiger charge is -2.42. The number of ether oxygens (including phenoxy) is 3. The molecule has 5 heteroatoms. The minimum Gasteiger partial charge on any atom is -0.462 e. The van der Waals surface area contributed by atoms with Gasteiger partial charge in [-0.25, -0.2) is 0 Å². The molecule has 3 rings (SSSR count). The molecule has 0 aromatic heterocycles. The average molecular weight is 407 g/mol. The van der Waals surface area contributed by atoms with Gasteiger partial charge in [0.05, 0.1) is 18.8 Å². The molecule has 0 bridgehead atoms. The highest BCUT2D eigenvalue weighted by Crippen LogP contribution is 2.41. The minimum atomic E-state index is -0.0473. The van der Waals surface area contributed by atoms with Crippen molar-refractivity contribution >= 4 is 17.7 Å². The summed E-state index contributed by atoms with van der Waals surface area (Å²) < 4.78 is 18.4. The van der Waals surface area contributed by atoms with E-state index < -0.39 is 0 Å². The van der Waals surface area contributed by atoms with E-state index in [0.717, 1.165) is 44.5 Å². The lowest BCUT2D eigenvalue weighted by Crippen LogP contribution is -2.48. The number of hydrogen-bond donors (Lipinski definition) is 0. The average Bonchev–Trinajstić information content (AvgIpc) is 3.16. The van der Waals surface area contributed by atoms with Crippen LogP contribution in [0, 0.1) is 5.92 Å². The Morgan fingerprint density at radius 3 is 2.61 bits per heavy atom. The van der Waals surface area contributed by atoms with Crippen molar-refractivity contribution in [1.82, 2.24) is 0 Å². The molecule has 2 aliphatic rings. The van der Waals surface area contributed by atoms with Gasteiger partial charge in [-0.2, -0.15) is 11.8 Å². The fourth-order valence-corrected chi connectivity index (χ4v) is 5.59. The van der Waals surface area contributed by atoms with Crippen LogP contribution in [0.3, 0.4) is 0 Å². The van der Waals surface area contributed by atoms with Crippen molar-refractivity contribution in [1.29, 1.82) is 0 Å². The van der Waals surface area contributed by atoms with Crippen LogP contribution in [-0.2, 0) is 25.6 Å². The van der Waals surface area contributed by atoms with Gasteiger partial charge < -0.3 is 14.2 Å². The zero-order valence-corrected chi connectivity index (χ0v) is 18.0. The summed E-state index contributed by atoms with van der Waals surface area (Å²) in [6.45, 7) is 5.73. The van der Waals surface area contributed by atoms with Gasteiger partial charge in [0.2, 0.25) is 0 Å². The fourth-order valence-electron chi connectivity index (χ4n) is 4.22. The van der Waals surface area contributed by atoms with Crippen LogP contribution in [0.25, 0.3) is 0 Å². The van der Waals surface area contributed by atoms with Gasteiger partial charge in [0.25, 0.3) is 0 Å². The standard InChI is InChI=1S/C23H34O4S/c1-3-12-25-23-20(26-16-17-8-6-5-7-9-17)14-18(15-21(23)28-13-4-2)19-10-11-22(24)27-19/h5-9,18-21,23H,3-4,10-16H2,1-2H3. The van der Waals surface area contributed by atoms with Crippen molar-refractivity contribution < 1.29 is 19.0 Å². The number of carbonyl (C=O) groups is 1. The number of cyclic esters (lactones) is 1. The molecule has 0 radical (unpaired) electrons. The van der Waals surface area contributed by atoms with E-state index in [1.165, 1.54) is 5.56 Å². The molecule has 4 nitrogen and oxygen atoms in total. The van der Waals surface area contributed by atoms with Crippen LogP contribution in [-0.4, -0.2) is 41.9 Å². The molecule has 156 valence electrons. The number of esters is 1. The Balaban J connectivity index is 1.72. The first-order valence-corrected chi connectivity index (χ1v) is 11.8. The molecule has 1 saturated carbocycles. The molecule has 0 spiro atoms. The van der Waals surface area contributed by atoms with Gasteiger partial charge in [0.1, 0.15) is 6.10 Å². The molecule has 1 aromatic rings. The van der Waals surface area contributed by atoms with Crippen LogP contribution in [0.5, 0.6) is 0 Å². The van der Waals surface area contributed by atoms with Gasteiger partial charge in [0.15, 0.2) is 0 Å².